The molecule has 0 heterocycles. The first-order valence-corrected chi connectivity index (χ1v) is 7.53. The van der Waals surface area contributed by atoms with Crippen molar-refractivity contribution in [2.75, 3.05) is 5.32 Å². The highest BCUT2D eigenvalue weighted by Gasteiger charge is 2.09. The molecule has 0 saturated heterocycles. The summed E-state index contributed by atoms with van der Waals surface area (Å²) in [7, 11) is 0. The zero-order valence-electron chi connectivity index (χ0n) is 10.7. The van der Waals surface area contributed by atoms with Crippen molar-refractivity contribution in [3.05, 3.63) is 62.3 Å². The minimum absolute atomic E-state index is 0.102. The second kappa shape index (κ2) is 6.06. The number of rotatable bonds is 3. The zero-order valence-corrected chi connectivity index (χ0v) is 13.8. The van der Waals surface area contributed by atoms with Crippen LogP contribution in [0.2, 0.25) is 0 Å². The first-order chi connectivity index (χ1) is 8.97. The van der Waals surface area contributed by atoms with Crippen LogP contribution in [0.3, 0.4) is 0 Å². The Morgan fingerprint density at radius 1 is 1.11 bits per heavy atom. The quantitative estimate of drug-likeness (QED) is 0.699. The van der Waals surface area contributed by atoms with Crippen LogP contribution in [0.5, 0.6) is 0 Å². The number of benzene rings is 2. The topological polar surface area (TPSA) is 12.0 Å². The maximum Gasteiger partial charge on any atom is 0.137 e. The van der Waals surface area contributed by atoms with E-state index in [4.69, 9.17) is 0 Å². The molecule has 1 unspecified atom stereocenters. The van der Waals surface area contributed by atoms with Crippen molar-refractivity contribution >= 4 is 37.5 Å². The maximum atomic E-state index is 13.2. The number of halogens is 3. The summed E-state index contributed by atoms with van der Waals surface area (Å²) in [6.45, 7) is 4.11. The van der Waals surface area contributed by atoms with Crippen LogP contribution in [0.25, 0.3) is 0 Å². The zero-order chi connectivity index (χ0) is 14.0. The maximum absolute atomic E-state index is 13.2. The van der Waals surface area contributed by atoms with Crippen LogP contribution in [0.1, 0.15) is 24.1 Å². The van der Waals surface area contributed by atoms with Crippen molar-refractivity contribution in [2.24, 2.45) is 0 Å². The van der Waals surface area contributed by atoms with E-state index in [0.29, 0.717) is 4.47 Å². The van der Waals surface area contributed by atoms with Crippen LogP contribution >= 0.6 is 31.9 Å². The molecule has 0 radical (unpaired) electrons. The number of nitrogens with one attached hydrogen (secondary N) is 1. The summed E-state index contributed by atoms with van der Waals surface area (Å²) in [6.07, 6.45) is 0. The van der Waals surface area contributed by atoms with Crippen LogP contribution in [-0.4, -0.2) is 0 Å². The van der Waals surface area contributed by atoms with E-state index in [9.17, 15) is 4.39 Å². The van der Waals surface area contributed by atoms with Crippen LogP contribution in [0, 0.1) is 12.7 Å². The molecule has 0 bridgehead atoms. The Hall–Kier alpha value is -0.870. The first-order valence-electron chi connectivity index (χ1n) is 5.95. The molecule has 1 atom stereocenters. The fourth-order valence-corrected chi connectivity index (χ4v) is 2.61. The molecule has 19 heavy (non-hydrogen) atoms. The number of anilines is 1. The summed E-state index contributed by atoms with van der Waals surface area (Å²) in [5.74, 6) is -0.241. The summed E-state index contributed by atoms with van der Waals surface area (Å²) in [5.41, 5.74) is 3.28. The minimum atomic E-state index is -0.241. The van der Waals surface area contributed by atoms with Gasteiger partial charge in [-0.1, -0.05) is 28.1 Å². The summed E-state index contributed by atoms with van der Waals surface area (Å²) in [5, 5.41) is 3.44. The summed E-state index contributed by atoms with van der Waals surface area (Å²) < 4.78 is 14.8. The van der Waals surface area contributed by atoms with Crippen LogP contribution < -0.4 is 5.32 Å². The Kier molecular flexibility index (Phi) is 4.63. The Morgan fingerprint density at radius 2 is 1.84 bits per heavy atom. The molecule has 0 aliphatic rings. The second-order valence-corrected chi connectivity index (χ2v) is 6.27. The highest BCUT2D eigenvalue weighted by Crippen LogP contribution is 2.27. The van der Waals surface area contributed by atoms with E-state index in [1.807, 2.05) is 12.1 Å². The van der Waals surface area contributed by atoms with E-state index in [1.54, 1.807) is 12.1 Å². The highest BCUT2D eigenvalue weighted by atomic mass is 79.9. The van der Waals surface area contributed by atoms with Gasteiger partial charge in [-0.15, -0.1) is 0 Å². The molecule has 1 nitrogen and oxygen atoms in total. The molecule has 0 amide bonds. The third-order valence-corrected chi connectivity index (χ3v) is 4.12. The number of aryl methyl sites for hydroxylation is 1. The summed E-state index contributed by atoms with van der Waals surface area (Å²) >= 11 is 6.68. The Morgan fingerprint density at radius 3 is 2.53 bits per heavy atom. The third-order valence-electron chi connectivity index (χ3n) is 3.02. The molecule has 0 saturated carbocycles. The standard InChI is InChI=1S/C15H14Br2FN/c1-9-3-5-12(16)8-15(9)19-10(2)11-4-6-14(18)13(17)7-11/h3-8,10,19H,1-2H3. The normalized spacial score (nSPS) is 12.3. The average Bonchev–Trinajstić information content (AvgIpc) is 2.37. The van der Waals surface area contributed by atoms with Gasteiger partial charge in [0.25, 0.3) is 0 Å². The van der Waals surface area contributed by atoms with Gasteiger partial charge in [0, 0.05) is 16.2 Å². The second-order valence-electron chi connectivity index (χ2n) is 4.50. The lowest BCUT2D eigenvalue weighted by Gasteiger charge is -2.18. The number of hydrogen-bond acceptors (Lipinski definition) is 1. The van der Waals surface area contributed by atoms with Crippen molar-refractivity contribution in [2.45, 2.75) is 19.9 Å². The Bertz CT molecular complexity index is 599. The van der Waals surface area contributed by atoms with Crippen LogP contribution in [-0.2, 0) is 0 Å². The molecule has 0 fully saturated rings. The van der Waals surface area contributed by atoms with Gasteiger partial charge in [0.15, 0.2) is 0 Å². The minimum Gasteiger partial charge on any atom is -0.378 e. The molecule has 100 valence electrons. The highest BCUT2D eigenvalue weighted by molar-refractivity contribution is 9.10. The lowest BCUT2D eigenvalue weighted by Crippen LogP contribution is -2.08. The van der Waals surface area contributed by atoms with Gasteiger partial charge in [0.1, 0.15) is 5.82 Å². The van der Waals surface area contributed by atoms with Crippen molar-refractivity contribution in [1.29, 1.82) is 0 Å². The molecule has 2 aromatic carbocycles. The predicted octanol–water partition coefficient (Wildman–Crippen LogP) is 5.83. The molecular weight excluding hydrogens is 373 g/mol. The van der Waals surface area contributed by atoms with E-state index in [1.165, 1.54) is 11.6 Å². The van der Waals surface area contributed by atoms with E-state index in [-0.39, 0.29) is 11.9 Å². The van der Waals surface area contributed by atoms with Gasteiger partial charge in [-0.25, -0.2) is 4.39 Å². The summed E-state index contributed by atoms with van der Waals surface area (Å²) in [6, 6.07) is 11.3. The van der Waals surface area contributed by atoms with Gasteiger partial charge in [0.2, 0.25) is 0 Å². The fourth-order valence-electron chi connectivity index (χ4n) is 1.85. The molecule has 0 aromatic heterocycles. The van der Waals surface area contributed by atoms with Gasteiger partial charge < -0.3 is 5.32 Å². The monoisotopic (exact) mass is 385 g/mol. The largest absolute Gasteiger partial charge is 0.378 e. The van der Waals surface area contributed by atoms with E-state index >= 15 is 0 Å². The SMILES string of the molecule is Cc1ccc(Br)cc1NC(C)c1ccc(F)c(Br)c1. The molecule has 2 aromatic rings. The molecule has 0 spiro atoms. The van der Waals surface area contributed by atoms with E-state index < -0.39 is 0 Å². The Balaban J connectivity index is 2.22. The van der Waals surface area contributed by atoms with E-state index in [2.05, 4.69) is 57.1 Å². The Labute approximate surface area is 129 Å². The smallest absolute Gasteiger partial charge is 0.137 e. The first kappa shape index (κ1) is 14.5. The van der Waals surface area contributed by atoms with Gasteiger partial charge in [-0.3, -0.25) is 0 Å². The average molecular weight is 387 g/mol. The van der Waals surface area contributed by atoms with Gasteiger partial charge in [-0.05, 0) is 65.2 Å². The molecular formula is C15H14Br2FN. The van der Waals surface area contributed by atoms with E-state index in [0.717, 1.165) is 15.7 Å². The van der Waals surface area contributed by atoms with Gasteiger partial charge >= 0.3 is 0 Å². The van der Waals surface area contributed by atoms with Crippen molar-refractivity contribution in [3.63, 3.8) is 0 Å². The third kappa shape index (κ3) is 3.57. The lowest BCUT2D eigenvalue weighted by atomic mass is 10.1. The van der Waals surface area contributed by atoms with Gasteiger partial charge in [0.05, 0.1) is 4.47 Å². The van der Waals surface area contributed by atoms with Crippen molar-refractivity contribution < 1.29 is 4.39 Å². The fraction of sp³-hybridized carbons (Fsp3) is 0.200. The summed E-state index contributed by atoms with van der Waals surface area (Å²) in [4.78, 5) is 0. The molecule has 4 heteroatoms. The number of hydrogen-bond donors (Lipinski definition) is 1. The van der Waals surface area contributed by atoms with Crippen molar-refractivity contribution in [1.82, 2.24) is 0 Å². The molecule has 2 rings (SSSR count). The molecule has 0 aliphatic heterocycles. The lowest BCUT2D eigenvalue weighted by molar-refractivity contribution is 0.619. The molecule has 1 N–H and O–H groups in total. The van der Waals surface area contributed by atoms with Crippen molar-refractivity contribution in [3.8, 4) is 0 Å². The van der Waals surface area contributed by atoms with Crippen LogP contribution in [0.4, 0.5) is 10.1 Å². The predicted molar refractivity (Wildman–Crippen MR) is 85.0 cm³/mol. The molecule has 0 aliphatic carbocycles. The van der Waals surface area contributed by atoms with Crippen LogP contribution in [0.15, 0.2) is 45.3 Å². The van der Waals surface area contributed by atoms with Gasteiger partial charge in [-0.2, -0.15) is 0 Å².